The Morgan fingerprint density at radius 2 is 1.88 bits per heavy atom. The summed E-state index contributed by atoms with van der Waals surface area (Å²) < 4.78 is 0. The van der Waals surface area contributed by atoms with E-state index in [0.717, 1.165) is 5.56 Å². The van der Waals surface area contributed by atoms with Crippen LogP contribution in [0.4, 0.5) is 0 Å². The second-order valence-corrected chi connectivity index (χ2v) is 6.44. The predicted octanol–water partition coefficient (Wildman–Crippen LogP) is 3.47. The van der Waals surface area contributed by atoms with E-state index in [1.54, 1.807) is 18.2 Å². The van der Waals surface area contributed by atoms with Gasteiger partial charge in [-0.15, -0.1) is 0 Å². The van der Waals surface area contributed by atoms with E-state index in [1.165, 1.54) is 11.1 Å². The summed E-state index contributed by atoms with van der Waals surface area (Å²) >= 11 is 0. The van der Waals surface area contributed by atoms with Crippen LogP contribution in [0.3, 0.4) is 0 Å². The molecule has 0 saturated carbocycles. The zero-order valence-corrected chi connectivity index (χ0v) is 14.8. The molecule has 0 aliphatic carbocycles. The summed E-state index contributed by atoms with van der Waals surface area (Å²) in [5.74, 6) is -0.893. The van der Waals surface area contributed by atoms with Gasteiger partial charge in [-0.25, -0.2) is 4.79 Å². The highest BCUT2D eigenvalue weighted by molar-refractivity contribution is 5.87. The Morgan fingerprint density at radius 1 is 1.17 bits per heavy atom. The Labute approximate surface area is 144 Å². The second-order valence-electron chi connectivity index (χ2n) is 6.44. The quantitative estimate of drug-likeness (QED) is 0.818. The zero-order chi connectivity index (χ0) is 17.7. The third-order valence-electron chi connectivity index (χ3n) is 4.34. The number of nitrogens with one attached hydrogen (secondary N) is 1. The van der Waals surface area contributed by atoms with Crippen LogP contribution in [0.2, 0.25) is 0 Å². The molecule has 2 aromatic carbocycles. The van der Waals surface area contributed by atoms with Crippen LogP contribution >= 0.6 is 0 Å². The topological polar surface area (TPSA) is 52.6 Å². The third kappa shape index (κ3) is 4.43. The average Bonchev–Trinajstić information content (AvgIpc) is 2.55. The Hall–Kier alpha value is -2.17. The minimum atomic E-state index is -0.893. The normalized spacial score (nSPS) is 13.7. The monoisotopic (exact) mass is 326 g/mol. The van der Waals surface area contributed by atoms with Gasteiger partial charge in [-0.2, -0.15) is 0 Å². The van der Waals surface area contributed by atoms with Gasteiger partial charge in [0.25, 0.3) is 0 Å². The lowest BCUT2D eigenvalue weighted by atomic mass is 9.95. The minimum absolute atomic E-state index is 0.217. The highest BCUT2D eigenvalue weighted by Gasteiger charge is 2.22. The fourth-order valence-electron chi connectivity index (χ4n) is 3.12. The zero-order valence-electron chi connectivity index (χ0n) is 14.8. The lowest BCUT2D eigenvalue weighted by molar-refractivity contribution is 0.0696. The van der Waals surface area contributed by atoms with E-state index in [0.29, 0.717) is 12.1 Å². The van der Waals surface area contributed by atoms with E-state index in [9.17, 15) is 4.79 Å². The highest BCUT2D eigenvalue weighted by Crippen LogP contribution is 2.25. The van der Waals surface area contributed by atoms with Crippen LogP contribution in [-0.2, 0) is 6.54 Å². The summed E-state index contributed by atoms with van der Waals surface area (Å²) in [7, 11) is 4.17. The maximum atomic E-state index is 11.1. The number of rotatable bonds is 7. The Morgan fingerprint density at radius 3 is 2.50 bits per heavy atom. The number of hydrogen-bond acceptors (Lipinski definition) is 3. The average molecular weight is 326 g/mol. The van der Waals surface area contributed by atoms with E-state index in [4.69, 9.17) is 5.11 Å². The summed E-state index contributed by atoms with van der Waals surface area (Å²) in [6, 6.07) is 16.0. The first-order valence-corrected chi connectivity index (χ1v) is 8.17. The van der Waals surface area contributed by atoms with E-state index in [-0.39, 0.29) is 12.1 Å². The SMILES string of the molecule is Cc1ccccc1C(C(C)NCc1cccc(C(=O)O)c1)N(C)C. The van der Waals surface area contributed by atoms with E-state index >= 15 is 0 Å². The molecule has 0 radical (unpaired) electrons. The summed E-state index contributed by atoms with van der Waals surface area (Å²) in [6.07, 6.45) is 0. The Balaban J connectivity index is 2.12. The van der Waals surface area contributed by atoms with Crippen molar-refractivity contribution in [2.45, 2.75) is 32.5 Å². The van der Waals surface area contributed by atoms with Crippen LogP contribution in [-0.4, -0.2) is 36.1 Å². The molecule has 0 spiro atoms. The van der Waals surface area contributed by atoms with Gasteiger partial charge in [-0.1, -0.05) is 36.4 Å². The number of aryl methyl sites for hydroxylation is 1. The molecule has 0 saturated heterocycles. The smallest absolute Gasteiger partial charge is 0.335 e. The van der Waals surface area contributed by atoms with Crippen LogP contribution in [0.15, 0.2) is 48.5 Å². The van der Waals surface area contributed by atoms with Gasteiger partial charge in [0.05, 0.1) is 5.56 Å². The molecule has 2 aromatic rings. The molecular formula is C20H26N2O2. The molecule has 0 heterocycles. The van der Waals surface area contributed by atoms with Gasteiger partial charge in [-0.05, 0) is 56.8 Å². The Kier molecular flexibility index (Phi) is 6.12. The lowest BCUT2D eigenvalue weighted by Crippen LogP contribution is -2.39. The number of carbonyl (C=O) groups is 1. The fraction of sp³-hybridized carbons (Fsp3) is 0.350. The number of carboxylic acids is 1. The van der Waals surface area contributed by atoms with Gasteiger partial charge in [0.1, 0.15) is 0 Å². The van der Waals surface area contributed by atoms with Gasteiger partial charge in [0, 0.05) is 18.6 Å². The Bertz CT molecular complexity index is 698. The van der Waals surface area contributed by atoms with Crippen LogP contribution in [0.5, 0.6) is 0 Å². The first kappa shape index (κ1) is 18.2. The van der Waals surface area contributed by atoms with E-state index in [1.807, 2.05) is 6.07 Å². The van der Waals surface area contributed by atoms with E-state index < -0.39 is 5.97 Å². The molecule has 2 N–H and O–H groups in total. The van der Waals surface area contributed by atoms with Crippen molar-refractivity contribution >= 4 is 5.97 Å². The van der Waals surface area contributed by atoms with Crippen molar-refractivity contribution < 1.29 is 9.90 Å². The van der Waals surface area contributed by atoms with Crippen LogP contribution < -0.4 is 5.32 Å². The minimum Gasteiger partial charge on any atom is -0.478 e. The number of likely N-dealkylation sites (N-methyl/N-ethyl adjacent to an activating group) is 1. The molecule has 4 heteroatoms. The summed E-state index contributed by atoms with van der Waals surface area (Å²) in [5.41, 5.74) is 3.88. The van der Waals surface area contributed by atoms with Crippen molar-refractivity contribution in [3.05, 3.63) is 70.8 Å². The van der Waals surface area contributed by atoms with Gasteiger partial charge in [-0.3, -0.25) is 0 Å². The molecule has 0 amide bonds. The number of hydrogen-bond donors (Lipinski definition) is 2. The lowest BCUT2D eigenvalue weighted by Gasteiger charge is -2.32. The molecule has 0 aliphatic heterocycles. The second kappa shape index (κ2) is 8.08. The largest absolute Gasteiger partial charge is 0.478 e. The molecule has 0 fully saturated rings. The number of nitrogens with zero attached hydrogens (tertiary/aromatic N) is 1. The van der Waals surface area contributed by atoms with Gasteiger partial charge in [0.15, 0.2) is 0 Å². The summed E-state index contributed by atoms with van der Waals surface area (Å²) in [5, 5.41) is 12.6. The van der Waals surface area contributed by atoms with Crippen molar-refractivity contribution in [3.8, 4) is 0 Å². The molecule has 4 nitrogen and oxygen atoms in total. The number of carboxylic acid groups (broad SMARTS) is 1. The maximum absolute atomic E-state index is 11.1. The molecule has 0 aromatic heterocycles. The molecule has 0 aliphatic rings. The molecule has 2 atom stereocenters. The number of benzene rings is 2. The summed E-state index contributed by atoms with van der Waals surface area (Å²) in [6.45, 7) is 4.94. The molecule has 0 bridgehead atoms. The molecule has 2 unspecified atom stereocenters. The van der Waals surface area contributed by atoms with Crippen molar-refractivity contribution in [2.24, 2.45) is 0 Å². The number of aromatic carboxylic acids is 1. The van der Waals surface area contributed by atoms with Crippen molar-refractivity contribution in [2.75, 3.05) is 14.1 Å². The van der Waals surface area contributed by atoms with Crippen LogP contribution in [0.25, 0.3) is 0 Å². The fourth-order valence-corrected chi connectivity index (χ4v) is 3.12. The molecule has 128 valence electrons. The van der Waals surface area contributed by atoms with E-state index in [2.05, 4.69) is 62.4 Å². The van der Waals surface area contributed by atoms with Gasteiger partial charge in [0.2, 0.25) is 0 Å². The molecule has 24 heavy (non-hydrogen) atoms. The first-order valence-electron chi connectivity index (χ1n) is 8.17. The van der Waals surface area contributed by atoms with Crippen molar-refractivity contribution in [1.29, 1.82) is 0 Å². The van der Waals surface area contributed by atoms with Crippen molar-refractivity contribution in [3.63, 3.8) is 0 Å². The molecule has 2 rings (SSSR count). The summed E-state index contributed by atoms with van der Waals surface area (Å²) in [4.78, 5) is 13.3. The predicted molar refractivity (Wildman–Crippen MR) is 97.3 cm³/mol. The third-order valence-corrected chi connectivity index (χ3v) is 4.34. The first-order chi connectivity index (χ1) is 11.4. The van der Waals surface area contributed by atoms with Gasteiger partial charge < -0.3 is 15.3 Å². The standard InChI is InChI=1S/C20H26N2O2/c1-14-8-5-6-11-18(14)19(22(3)4)15(2)21-13-16-9-7-10-17(12-16)20(23)24/h5-12,15,19,21H,13H2,1-4H3,(H,23,24). The van der Waals surface area contributed by atoms with Crippen molar-refractivity contribution in [1.82, 2.24) is 10.2 Å². The van der Waals surface area contributed by atoms with Crippen LogP contribution in [0.1, 0.15) is 40.0 Å². The van der Waals surface area contributed by atoms with Gasteiger partial charge >= 0.3 is 5.97 Å². The molecular weight excluding hydrogens is 300 g/mol. The maximum Gasteiger partial charge on any atom is 0.335 e. The highest BCUT2D eigenvalue weighted by atomic mass is 16.4. The van der Waals surface area contributed by atoms with Crippen LogP contribution in [0, 0.1) is 6.92 Å².